The van der Waals surface area contributed by atoms with Crippen LogP contribution >= 0.6 is 11.3 Å². The van der Waals surface area contributed by atoms with E-state index in [4.69, 9.17) is 15.2 Å². The second-order valence-electron chi connectivity index (χ2n) is 15.9. The van der Waals surface area contributed by atoms with Gasteiger partial charge in [-0.25, -0.2) is 4.98 Å². The van der Waals surface area contributed by atoms with E-state index < -0.39 is 35.9 Å². The number of anilines is 1. The van der Waals surface area contributed by atoms with Crippen LogP contribution in [0.2, 0.25) is 0 Å². The SMILES string of the molecule is CCCN(C(=O)[C@@H](CC(=O)[C@H]1CCCCN1C)[C@@H](C)CC)[C@H](C[C@@H](OC(C)=O)c1nc(C(=O)N[C@@H](Cc2ccc(N)cc2)CC(C)C(=O)OCC)cs1)C(C)C. The Morgan fingerprint density at radius 3 is 2.32 bits per heavy atom. The number of esters is 2. The number of likely N-dealkylation sites (tertiary alicyclic amines) is 1. The molecule has 7 atom stereocenters. The second-order valence-corrected chi connectivity index (χ2v) is 16.8. The van der Waals surface area contributed by atoms with Gasteiger partial charge in [-0.15, -0.1) is 11.3 Å². The molecule has 2 aromatic rings. The van der Waals surface area contributed by atoms with Gasteiger partial charge >= 0.3 is 11.9 Å². The van der Waals surface area contributed by atoms with Gasteiger partial charge in [0, 0.05) is 55.4 Å². The topological polar surface area (TPSA) is 161 Å². The van der Waals surface area contributed by atoms with Crippen LogP contribution in [0.5, 0.6) is 0 Å². The molecule has 56 heavy (non-hydrogen) atoms. The number of ether oxygens (including phenoxy) is 2. The van der Waals surface area contributed by atoms with Crippen LogP contribution in [0.4, 0.5) is 5.69 Å². The van der Waals surface area contributed by atoms with Crippen LogP contribution in [0.3, 0.4) is 0 Å². The lowest BCUT2D eigenvalue weighted by molar-refractivity contribution is -0.150. The lowest BCUT2D eigenvalue weighted by atomic mass is 9.82. The van der Waals surface area contributed by atoms with Crippen molar-refractivity contribution in [3.05, 3.63) is 45.9 Å². The molecule has 0 radical (unpaired) electrons. The first kappa shape index (κ1) is 46.5. The first-order chi connectivity index (χ1) is 26.6. The summed E-state index contributed by atoms with van der Waals surface area (Å²) in [6.07, 6.45) is 4.85. The summed E-state index contributed by atoms with van der Waals surface area (Å²) in [5.74, 6) is -2.11. The van der Waals surface area contributed by atoms with E-state index >= 15 is 0 Å². The van der Waals surface area contributed by atoms with E-state index in [1.165, 1.54) is 18.3 Å². The highest BCUT2D eigenvalue weighted by molar-refractivity contribution is 7.09. The monoisotopic (exact) mass is 797 g/mol. The van der Waals surface area contributed by atoms with Gasteiger partial charge in [0.05, 0.1) is 18.6 Å². The predicted octanol–water partition coefficient (Wildman–Crippen LogP) is 7.02. The minimum absolute atomic E-state index is 0.000874. The summed E-state index contributed by atoms with van der Waals surface area (Å²) in [4.78, 5) is 75.9. The largest absolute Gasteiger partial charge is 0.466 e. The Morgan fingerprint density at radius 1 is 1.04 bits per heavy atom. The Kier molecular flexibility index (Phi) is 18.9. The highest BCUT2D eigenvalue weighted by Gasteiger charge is 2.39. The Hall–Kier alpha value is -3.84. The number of nitrogens with zero attached hydrogens (tertiary/aromatic N) is 3. The van der Waals surface area contributed by atoms with E-state index in [-0.39, 0.29) is 66.7 Å². The Balaban J connectivity index is 1.88. The molecule has 312 valence electrons. The van der Waals surface area contributed by atoms with Crippen LogP contribution in [0.25, 0.3) is 0 Å². The number of rotatable bonds is 22. The minimum Gasteiger partial charge on any atom is -0.466 e. The molecule has 3 N–H and O–H groups in total. The maximum atomic E-state index is 14.7. The van der Waals surface area contributed by atoms with Crippen molar-refractivity contribution in [2.24, 2.45) is 23.7 Å². The summed E-state index contributed by atoms with van der Waals surface area (Å²) in [6.45, 7) is 16.7. The number of thiazole rings is 1. The Morgan fingerprint density at radius 2 is 1.73 bits per heavy atom. The summed E-state index contributed by atoms with van der Waals surface area (Å²) < 4.78 is 11.1. The van der Waals surface area contributed by atoms with Crippen molar-refractivity contribution in [3.63, 3.8) is 0 Å². The lowest BCUT2D eigenvalue weighted by Crippen LogP contribution is -2.50. The molecule has 2 heterocycles. The quantitative estimate of drug-likeness (QED) is 0.0936. The standard InChI is InChI=1S/C43H67N5O7S/c1-10-20-48(42(52)34(28(6)11-2)24-38(50)36-15-13-14-21-47(36)9)37(27(4)5)25-39(55-30(8)49)41-46-35(26-56-41)40(51)45-33(22-29(7)43(53)54-12-3)23-31-16-18-32(44)19-17-31/h16-19,26-29,33-34,36-37,39H,10-15,20-25,44H2,1-9H3,(H,45,51)/t28-,29?,33+,34-,36+,37+,39+/m0/s1. The van der Waals surface area contributed by atoms with Gasteiger partial charge in [-0.1, -0.05) is 66.5 Å². The number of carbonyl (C=O) groups is 5. The first-order valence-electron chi connectivity index (χ1n) is 20.6. The van der Waals surface area contributed by atoms with Gasteiger partial charge in [0.1, 0.15) is 10.7 Å². The fourth-order valence-electron chi connectivity index (χ4n) is 7.66. The number of amides is 2. The van der Waals surface area contributed by atoms with E-state index in [1.54, 1.807) is 31.4 Å². The average molecular weight is 798 g/mol. The molecule has 13 heteroatoms. The number of hydrogen-bond acceptors (Lipinski definition) is 11. The molecule has 1 aliphatic rings. The molecular weight excluding hydrogens is 731 g/mol. The highest BCUT2D eigenvalue weighted by atomic mass is 32.1. The average Bonchev–Trinajstić information content (AvgIpc) is 3.66. The molecule has 1 saturated heterocycles. The number of benzene rings is 1. The number of nitrogens with one attached hydrogen (secondary N) is 1. The van der Waals surface area contributed by atoms with Crippen molar-refractivity contribution >= 4 is 46.6 Å². The number of carbonyl (C=O) groups excluding carboxylic acids is 5. The molecule has 2 amide bonds. The molecule has 3 rings (SSSR count). The van der Waals surface area contributed by atoms with Crippen LogP contribution in [0, 0.1) is 23.7 Å². The zero-order valence-electron chi connectivity index (χ0n) is 35.2. The minimum atomic E-state index is -0.812. The van der Waals surface area contributed by atoms with Crippen molar-refractivity contribution < 1.29 is 33.4 Å². The van der Waals surface area contributed by atoms with Gasteiger partial charge in [-0.3, -0.25) is 28.9 Å². The number of nitrogen functional groups attached to an aromatic ring is 1. The molecular formula is C43H67N5O7S. The van der Waals surface area contributed by atoms with Crippen molar-refractivity contribution in [1.82, 2.24) is 20.1 Å². The van der Waals surface area contributed by atoms with Crippen LogP contribution < -0.4 is 11.1 Å². The van der Waals surface area contributed by atoms with Gasteiger partial charge in [0.2, 0.25) is 5.91 Å². The summed E-state index contributed by atoms with van der Waals surface area (Å²) in [5.41, 5.74) is 7.63. The van der Waals surface area contributed by atoms with E-state index in [0.29, 0.717) is 36.5 Å². The van der Waals surface area contributed by atoms with E-state index in [9.17, 15) is 24.0 Å². The number of Topliss-reactive ketones (excluding diaryl/α,β-unsaturated/α-hetero) is 1. The number of ketones is 1. The number of nitrogens with two attached hydrogens (primary N) is 1. The van der Waals surface area contributed by atoms with Crippen LogP contribution in [0.15, 0.2) is 29.6 Å². The van der Waals surface area contributed by atoms with Crippen molar-refractivity contribution in [1.29, 1.82) is 0 Å². The molecule has 12 nitrogen and oxygen atoms in total. The van der Waals surface area contributed by atoms with E-state index in [1.807, 2.05) is 44.9 Å². The number of hydrogen-bond donors (Lipinski definition) is 2. The molecule has 0 spiro atoms. The fraction of sp³-hybridized carbons (Fsp3) is 0.674. The summed E-state index contributed by atoms with van der Waals surface area (Å²) in [5, 5.41) is 5.16. The Bertz CT molecular complexity index is 1580. The normalized spacial score (nSPS) is 17.9. The molecule has 1 aliphatic heterocycles. The molecule has 1 aromatic carbocycles. The number of piperidine rings is 1. The van der Waals surface area contributed by atoms with Crippen LogP contribution in [0.1, 0.15) is 134 Å². The zero-order chi connectivity index (χ0) is 41.5. The molecule has 0 aliphatic carbocycles. The molecule has 0 bridgehead atoms. The van der Waals surface area contributed by atoms with Crippen molar-refractivity contribution in [2.75, 3.05) is 32.5 Å². The second kappa shape index (κ2) is 22.8. The summed E-state index contributed by atoms with van der Waals surface area (Å²) in [7, 11) is 2.00. The first-order valence-corrected chi connectivity index (χ1v) is 21.5. The van der Waals surface area contributed by atoms with Crippen molar-refractivity contribution in [3.8, 4) is 0 Å². The third-order valence-corrected chi connectivity index (χ3v) is 12.0. The molecule has 0 saturated carbocycles. The zero-order valence-corrected chi connectivity index (χ0v) is 36.0. The van der Waals surface area contributed by atoms with Gasteiger partial charge < -0.3 is 25.4 Å². The molecule has 1 unspecified atom stereocenters. The number of likely N-dealkylation sites (N-methyl/N-ethyl adjacent to an activating group) is 1. The van der Waals surface area contributed by atoms with Gasteiger partial charge in [0.25, 0.3) is 5.91 Å². The third-order valence-electron chi connectivity index (χ3n) is 11.0. The van der Waals surface area contributed by atoms with E-state index in [2.05, 4.69) is 29.0 Å². The maximum Gasteiger partial charge on any atom is 0.308 e. The Labute approximate surface area is 338 Å². The summed E-state index contributed by atoms with van der Waals surface area (Å²) >= 11 is 1.22. The maximum absolute atomic E-state index is 14.7. The molecule has 1 fully saturated rings. The van der Waals surface area contributed by atoms with Gasteiger partial charge in [0.15, 0.2) is 11.9 Å². The highest BCUT2D eigenvalue weighted by Crippen LogP contribution is 2.34. The van der Waals surface area contributed by atoms with Gasteiger partial charge in [-0.2, -0.15) is 0 Å². The van der Waals surface area contributed by atoms with E-state index in [0.717, 1.165) is 37.8 Å². The molecule has 1 aromatic heterocycles. The van der Waals surface area contributed by atoms with Crippen LogP contribution in [-0.2, 0) is 35.1 Å². The fourth-order valence-corrected chi connectivity index (χ4v) is 8.50. The number of aromatic nitrogens is 1. The lowest BCUT2D eigenvalue weighted by Gasteiger charge is -2.39. The van der Waals surface area contributed by atoms with Gasteiger partial charge in [-0.05, 0) is 82.2 Å². The van der Waals surface area contributed by atoms with Crippen LogP contribution in [-0.4, -0.2) is 89.2 Å². The predicted molar refractivity (Wildman–Crippen MR) is 221 cm³/mol. The third kappa shape index (κ3) is 13.7. The summed E-state index contributed by atoms with van der Waals surface area (Å²) in [6, 6.07) is 6.47. The van der Waals surface area contributed by atoms with Crippen molar-refractivity contribution in [2.45, 2.75) is 137 Å². The smallest absolute Gasteiger partial charge is 0.308 e.